The third-order valence-corrected chi connectivity index (χ3v) is 4.90. The van der Waals surface area contributed by atoms with Gasteiger partial charge in [-0.2, -0.15) is 0 Å². The Balaban J connectivity index is 1.68. The van der Waals surface area contributed by atoms with Crippen molar-refractivity contribution in [3.63, 3.8) is 0 Å². The van der Waals surface area contributed by atoms with E-state index in [9.17, 15) is 0 Å². The third kappa shape index (κ3) is 1.50. The van der Waals surface area contributed by atoms with Crippen LogP contribution in [0.5, 0.6) is 0 Å². The number of likely N-dealkylation sites (tertiary alicyclic amines) is 1. The average molecular weight is 193 g/mol. The highest BCUT2D eigenvalue weighted by atomic mass is 15.2. The Morgan fingerprint density at radius 1 is 0.714 bits per heavy atom. The highest BCUT2D eigenvalue weighted by Gasteiger charge is 2.40. The summed E-state index contributed by atoms with van der Waals surface area (Å²) in [6.45, 7) is 2.82. The van der Waals surface area contributed by atoms with Gasteiger partial charge in [-0.05, 0) is 57.0 Å². The summed E-state index contributed by atoms with van der Waals surface area (Å²) in [5.74, 6) is 2.22. The minimum Gasteiger partial charge on any atom is -0.300 e. The van der Waals surface area contributed by atoms with Gasteiger partial charge < -0.3 is 4.90 Å². The van der Waals surface area contributed by atoms with Gasteiger partial charge in [0.15, 0.2) is 0 Å². The van der Waals surface area contributed by atoms with Crippen molar-refractivity contribution in [3.05, 3.63) is 0 Å². The number of rotatable bonds is 1. The molecule has 3 fully saturated rings. The first kappa shape index (κ1) is 9.21. The SMILES string of the molecule is C1CCC2C(C1)CCC2N1CCCC1. The van der Waals surface area contributed by atoms with Crippen LogP contribution in [0.25, 0.3) is 0 Å². The molecule has 0 N–H and O–H groups in total. The monoisotopic (exact) mass is 193 g/mol. The normalized spacial score (nSPS) is 44.1. The molecule has 0 aromatic rings. The first-order chi connectivity index (χ1) is 6.95. The highest BCUT2D eigenvalue weighted by Crippen LogP contribution is 2.44. The van der Waals surface area contributed by atoms with E-state index in [0.717, 1.165) is 17.9 Å². The van der Waals surface area contributed by atoms with Crippen molar-refractivity contribution in [2.75, 3.05) is 13.1 Å². The molecule has 80 valence electrons. The van der Waals surface area contributed by atoms with Crippen molar-refractivity contribution in [3.8, 4) is 0 Å². The largest absolute Gasteiger partial charge is 0.300 e. The van der Waals surface area contributed by atoms with Crippen molar-refractivity contribution in [1.29, 1.82) is 0 Å². The zero-order valence-electron chi connectivity index (χ0n) is 9.25. The molecule has 3 unspecified atom stereocenters. The summed E-state index contributed by atoms with van der Waals surface area (Å²) in [5, 5.41) is 0. The van der Waals surface area contributed by atoms with Gasteiger partial charge in [-0.1, -0.05) is 19.3 Å². The molecule has 2 saturated carbocycles. The van der Waals surface area contributed by atoms with E-state index in [1.54, 1.807) is 19.3 Å². The van der Waals surface area contributed by atoms with Crippen LogP contribution >= 0.6 is 0 Å². The van der Waals surface area contributed by atoms with E-state index < -0.39 is 0 Å². The molecule has 3 aliphatic rings. The summed E-state index contributed by atoms with van der Waals surface area (Å²) < 4.78 is 0. The maximum Gasteiger partial charge on any atom is 0.0126 e. The number of hydrogen-bond acceptors (Lipinski definition) is 1. The molecule has 3 atom stereocenters. The number of hydrogen-bond donors (Lipinski definition) is 0. The first-order valence-electron chi connectivity index (χ1n) is 6.69. The molecule has 1 heterocycles. The van der Waals surface area contributed by atoms with E-state index >= 15 is 0 Å². The lowest BCUT2D eigenvalue weighted by atomic mass is 9.80. The lowest BCUT2D eigenvalue weighted by Gasteiger charge is -2.34. The van der Waals surface area contributed by atoms with Crippen LogP contribution in [0, 0.1) is 11.8 Å². The Morgan fingerprint density at radius 3 is 2.36 bits per heavy atom. The average Bonchev–Trinajstić information content (AvgIpc) is 2.85. The van der Waals surface area contributed by atoms with E-state index in [0.29, 0.717) is 0 Å². The second-order valence-electron chi connectivity index (χ2n) is 5.60. The molecule has 1 heteroatoms. The summed E-state index contributed by atoms with van der Waals surface area (Å²) in [7, 11) is 0. The summed E-state index contributed by atoms with van der Waals surface area (Å²) in [6, 6.07) is 1.00. The summed E-state index contributed by atoms with van der Waals surface area (Å²) >= 11 is 0. The van der Waals surface area contributed by atoms with Crippen molar-refractivity contribution in [2.45, 2.75) is 57.4 Å². The summed E-state index contributed by atoms with van der Waals surface area (Å²) in [5.41, 5.74) is 0. The Bertz CT molecular complexity index is 195. The molecule has 0 bridgehead atoms. The van der Waals surface area contributed by atoms with Gasteiger partial charge in [0.2, 0.25) is 0 Å². The van der Waals surface area contributed by atoms with Crippen LogP contribution in [0.15, 0.2) is 0 Å². The zero-order chi connectivity index (χ0) is 9.38. The van der Waals surface area contributed by atoms with Crippen molar-refractivity contribution in [1.82, 2.24) is 4.90 Å². The lowest BCUT2D eigenvalue weighted by Crippen LogP contribution is -2.37. The van der Waals surface area contributed by atoms with E-state index in [1.807, 2.05) is 0 Å². The topological polar surface area (TPSA) is 3.24 Å². The van der Waals surface area contributed by atoms with Gasteiger partial charge in [0.05, 0.1) is 0 Å². The molecule has 1 aliphatic heterocycles. The van der Waals surface area contributed by atoms with Crippen LogP contribution in [0.4, 0.5) is 0 Å². The fourth-order valence-corrected chi connectivity index (χ4v) is 4.23. The molecule has 1 nitrogen and oxygen atoms in total. The van der Waals surface area contributed by atoms with Crippen LogP contribution in [-0.2, 0) is 0 Å². The van der Waals surface area contributed by atoms with Crippen LogP contribution in [0.1, 0.15) is 51.4 Å². The number of nitrogens with zero attached hydrogens (tertiary/aromatic N) is 1. The van der Waals surface area contributed by atoms with Crippen LogP contribution < -0.4 is 0 Å². The molecule has 14 heavy (non-hydrogen) atoms. The molecule has 2 aliphatic carbocycles. The molecular weight excluding hydrogens is 170 g/mol. The standard InChI is InChI=1S/C13H23N/c1-2-6-12-11(5-1)7-8-13(12)14-9-3-4-10-14/h11-13H,1-10H2. The molecule has 3 rings (SSSR count). The van der Waals surface area contributed by atoms with Gasteiger partial charge in [-0.25, -0.2) is 0 Å². The lowest BCUT2D eigenvalue weighted by molar-refractivity contribution is 0.148. The third-order valence-electron chi connectivity index (χ3n) is 4.90. The molecule has 0 aromatic carbocycles. The molecule has 1 saturated heterocycles. The van der Waals surface area contributed by atoms with Gasteiger partial charge in [-0.3, -0.25) is 0 Å². The van der Waals surface area contributed by atoms with Crippen LogP contribution in [-0.4, -0.2) is 24.0 Å². The van der Waals surface area contributed by atoms with Crippen molar-refractivity contribution in [2.24, 2.45) is 11.8 Å². The van der Waals surface area contributed by atoms with Gasteiger partial charge in [0, 0.05) is 6.04 Å². The smallest absolute Gasteiger partial charge is 0.0126 e. The van der Waals surface area contributed by atoms with Crippen LogP contribution in [0.2, 0.25) is 0 Å². The Hall–Kier alpha value is -0.0400. The maximum absolute atomic E-state index is 2.82. The van der Waals surface area contributed by atoms with Crippen molar-refractivity contribution >= 4 is 0 Å². The number of fused-ring (bicyclic) bond motifs is 1. The quantitative estimate of drug-likeness (QED) is 0.618. The molecule has 0 radical (unpaired) electrons. The minimum atomic E-state index is 1.00. The van der Waals surface area contributed by atoms with Crippen LogP contribution in [0.3, 0.4) is 0 Å². The van der Waals surface area contributed by atoms with Gasteiger partial charge >= 0.3 is 0 Å². The maximum atomic E-state index is 2.82. The van der Waals surface area contributed by atoms with Crippen molar-refractivity contribution < 1.29 is 0 Å². The predicted octanol–water partition coefficient (Wildman–Crippen LogP) is 3.05. The summed E-state index contributed by atoms with van der Waals surface area (Å²) in [6.07, 6.45) is 12.1. The highest BCUT2D eigenvalue weighted by molar-refractivity contribution is 4.93. The second kappa shape index (κ2) is 3.84. The molecule has 0 aromatic heterocycles. The molecule has 0 amide bonds. The Kier molecular flexibility index (Phi) is 2.53. The van der Waals surface area contributed by atoms with Gasteiger partial charge in [0.25, 0.3) is 0 Å². The van der Waals surface area contributed by atoms with E-state index in [1.165, 1.54) is 45.2 Å². The summed E-state index contributed by atoms with van der Waals surface area (Å²) in [4.78, 5) is 2.82. The first-order valence-corrected chi connectivity index (χ1v) is 6.69. The van der Waals surface area contributed by atoms with E-state index in [2.05, 4.69) is 4.90 Å². The van der Waals surface area contributed by atoms with E-state index in [-0.39, 0.29) is 0 Å². The Morgan fingerprint density at radius 2 is 1.50 bits per heavy atom. The van der Waals surface area contributed by atoms with Gasteiger partial charge in [0.1, 0.15) is 0 Å². The fraction of sp³-hybridized carbons (Fsp3) is 1.00. The molecule has 0 spiro atoms. The fourth-order valence-electron chi connectivity index (χ4n) is 4.23. The van der Waals surface area contributed by atoms with E-state index in [4.69, 9.17) is 0 Å². The Labute approximate surface area is 87.9 Å². The minimum absolute atomic E-state index is 1.00. The van der Waals surface area contributed by atoms with Gasteiger partial charge in [-0.15, -0.1) is 0 Å². The second-order valence-corrected chi connectivity index (χ2v) is 5.60. The predicted molar refractivity (Wildman–Crippen MR) is 59.3 cm³/mol. The zero-order valence-corrected chi connectivity index (χ0v) is 9.25. The molecular formula is C13H23N.